The number of nitrogen functional groups attached to an aromatic ring is 1. The summed E-state index contributed by atoms with van der Waals surface area (Å²) in [6.07, 6.45) is 6.59. The maximum atomic E-state index is 14.6. The summed E-state index contributed by atoms with van der Waals surface area (Å²) in [5.41, 5.74) is 9.35. The zero-order valence-corrected chi connectivity index (χ0v) is 26.8. The minimum absolute atomic E-state index is 0.171. The highest BCUT2D eigenvalue weighted by Gasteiger charge is 2.24. The number of ether oxygens (including phenoxy) is 4. The fourth-order valence-corrected chi connectivity index (χ4v) is 5.92. The number of rotatable bonds is 12. The molecule has 1 fully saturated rings. The molecule has 3 aromatic heterocycles. The van der Waals surface area contributed by atoms with Gasteiger partial charge in [-0.3, -0.25) is 0 Å². The average molecular weight is 632 g/mol. The van der Waals surface area contributed by atoms with E-state index in [9.17, 15) is 4.39 Å². The Balaban J connectivity index is 1.13. The van der Waals surface area contributed by atoms with Crippen molar-refractivity contribution in [2.24, 2.45) is 0 Å². The smallest absolute Gasteiger partial charge is 0.164 e. The van der Waals surface area contributed by atoms with Crippen LogP contribution in [0.15, 0.2) is 61.3 Å². The number of imidazole rings is 1. The van der Waals surface area contributed by atoms with E-state index in [1.54, 1.807) is 30.7 Å². The van der Waals surface area contributed by atoms with Gasteiger partial charge in [0.15, 0.2) is 5.65 Å². The number of aromatic nitrogens is 6. The van der Waals surface area contributed by atoms with E-state index in [1.807, 2.05) is 21.4 Å². The van der Waals surface area contributed by atoms with Crippen molar-refractivity contribution >= 4 is 24.9 Å². The van der Waals surface area contributed by atoms with E-state index < -0.39 is 13.9 Å². The Kier molecular flexibility index (Phi) is 9.10. The van der Waals surface area contributed by atoms with Crippen LogP contribution in [0.4, 0.5) is 10.2 Å². The van der Waals surface area contributed by atoms with Gasteiger partial charge in [0, 0.05) is 51.7 Å². The molecule has 0 unspecified atom stereocenters. The van der Waals surface area contributed by atoms with E-state index >= 15 is 0 Å². The first kappa shape index (κ1) is 30.7. The van der Waals surface area contributed by atoms with E-state index in [2.05, 4.69) is 34.6 Å². The molecule has 0 atom stereocenters. The molecule has 11 nitrogen and oxygen atoms in total. The summed E-state index contributed by atoms with van der Waals surface area (Å²) in [5, 5.41) is 5.63. The molecule has 0 amide bonds. The molecule has 0 saturated carbocycles. The second-order valence-electron chi connectivity index (χ2n) is 12.3. The highest BCUT2D eigenvalue weighted by Crippen LogP contribution is 2.35. The summed E-state index contributed by atoms with van der Waals surface area (Å²) in [7, 11) is -1.17. The summed E-state index contributed by atoms with van der Waals surface area (Å²) >= 11 is 0. The molecule has 5 aromatic rings. The fraction of sp³-hybridized carbons (Fsp3) is 0.375. The lowest BCUT2D eigenvalue weighted by Crippen LogP contribution is -2.22. The molecular weight excluding hydrogens is 593 g/mol. The Morgan fingerprint density at radius 3 is 2.58 bits per heavy atom. The SMILES string of the molecule is C[Si](C)(C)CCOCn1cncc1COc1cc(F)cc(Oc2ccc(-c3nn(C4CCOCC4)c4ncnc(N)c34)cc2)c1. The van der Waals surface area contributed by atoms with Crippen LogP contribution >= 0.6 is 0 Å². The molecule has 0 bridgehead atoms. The number of hydrogen-bond acceptors (Lipinski definition) is 9. The molecular formula is C32H38FN7O4Si. The molecule has 0 radical (unpaired) electrons. The van der Waals surface area contributed by atoms with Gasteiger partial charge in [-0.15, -0.1) is 0 Å². The number of hydrogen-bond donors (Lipinski definition) is 1. The lowest BCUT2D eigenvalue weighted by atomic mass is 10.1. The molecule has 0 aliphatic carbocycles. The molecule has 13 heteroatoms. The van der Waals surface area contributed by atoms with Gasteiger partial charge in [0.2, 0.25) is 0 Å². The van der Waals surface area contributed by atoms with E-state index in [0.29, 0.717) is 66.3 Å². The number of fused-ring (bicyclic) bond motifs is 1. The summed E-state index contributed by atoms with van der Waals surface area (Å²) in [4.78, 5) is 12.9. The van der Waals surface area contributed by atoms with Crippen LogP contribution in [0, 0.1) is 5.82 Å². The Morgan fingerprint density at radius 2 is 1.80 bits per heavy atom. The van der Waals surface area contributed by atoms with Crippen molar-refractivity contribution in [3.63, 3.8) is 0 Å². The molecule has 236 valence electrons. The summed E-state index contributed by atoms with van der Waals surface area (Å²) < 4.78 is 41.7. The number of anilines is 1. The molecule has 1 aliphatic rings. The topological polar surface area (TPSA) is 124 Å². The van der Waals surface area contributed by atoms with Crippen molar-refractivity contribution in [2.45, 2.75) is 57.9 Å². The number of nitrogens with zero attached hydrogens (tertiary/aromatic N) is 6. The van der Waals surface area contributed by atoms with Crippen LogP contribution in [0.25, 0.3) is 22.3 Å². The zero-order valence-electron chi connectivity index (χ0n) is 25.8. The van der Waals surface area contributed by atoms with Crippen molar-refractivity contribution in [3.05, 3.63) is 72.8 Å². The van der Waals surface area contributed by atoms with Crippen molar-refractivity contribution in [2.75, 3.05) is 25.6 Å². The van der Waals surface area contributed by atoms with E-state index in [-0.39, 0.29) is 12.6 Å². The van der Waals surface area contributed by atoms with Crippen LogP contribution in [0.1, 0.15) is 24.6 Å². The van der Waals surface area contributed by atoms with Crippen LogP contribution in [0.2, 0.25) is 25.7 Å². The van der Waals surface area contributed by atoms with Crippen molar-refractivity contribution in [1.29, 1.82) is 0 Å². The molecule has 45 heavy (non-hydrogen) atoms. The quantitative estimate of drug-likeness (QED) is 0.122. The highest BCUT2D eigenvalue weighted by molar-refractivity contribution is 6.76. The molecule has 0 spiro atoms. The lowest BCUT2D eigenvalue weighted by molar-refractivity contribution is 0.0674. The van der Waals surface area contributed by atoms with Crippen LogP contribution in [0.3, 0.4) is 0 Å². The Labute approximate surface area is 262 Å². The summed E-state index contributed by atoms with van der Waals surface area (Å²) in [6.45, 7) is 9.61. The van der Waals surface area contributed by atoms with E-state index in [0.717, 1.165) is 30.1 Å². The van der Waals surface area contributed by atoms with Gasteiger partial charge in [0.25, 0.3) is 0 Å². The minimum atomic E-state index is -1.17. The van der Waals surface area contributed by atoms with Gasteiger partial charge in [-0.1, -0.05) is 19.6 Å². The molecule has 1 saturated heterocycles. The van der Waals surface area contributed by atoms with Crippen molar-refractivity contribution in [1.82, 2.24) is 29.3 Å². The predicted octanol–water partition coefficient (Wildman–Crippen LogP) is 6.45. The molecule has 4 heterocycles. The van der Waals surface area contributed by atoms with Gasteiger partial charge in [-0.2, -0.15) is 5.10 Å². The van der Waals surface area contributed by atoms with Crippen molar-refractivity contribution < 1.29 is 23.3 Å². The van der Waals surface area contributed by atoms with Gasteiger partial charge in [0.05, 0.1) is 29.6 Å². The second-order valence-corrected chi connectivity index (χ2v) is 18.0. The maximum Gasteiger partial charge on any atom is 0.164 e. The normalized spacial score (nSPS) is 14.2. The van der Waals surface area contributed by atoms with Crippen LogP contribution in [-0.2, 0) is 22.8 Å². The standard InChI is InChI=1S/C32H38FN7O4Si/c1-45(2,3)13-12-42-21-39-20-35-17-25(39)18-43-27-14-23(33)15-28(16-27)44-26-6-4-22(5-7-26)30-29-31(34)36-19-37-32(29)40(38-30)24-8-10-41-11-9-24/h4-7,14-17,19-20,24H,8-13,18,21H2,1-3H3,(H2,34,36,37). The first-order chi connectivity index (χ1) is 21.7. The van der Waals surface area contributed by atoms with Gasteiger partial charge in [0.1, 0.15) is 54.2 Å². The Hall–Kier alpha value is -4.33. The molecule has 2 aromatic carbocycles. The van der Waals surface area contributed by atoms with Gasteiger partial charge in [-0.25, -0.2) is 24.0 Å². The minimum Gasteiger partial charge on any atom is -0.487 e. The van der Waals surface area contributed by atoms with Crippen LogP contribution < -0.4 is 15.2 Å². The first-order valence-electron chi connectivity index (χ1n) is 15.1. The Morgan fingerprint density at radius 1 is 1.02 bits per heavy atom. The monoisotopic (exact) mass is 631 g/mol. The third-order valence-electron chi connectivity index (χ3n) is 7.68. The third-order valence-corrected chi connectivity index (χ3v) is 9.38. The van der Waals surface area contributed by atoms with Gasteiger partial charge in [-0.05, 0) is 43.2 Å². The van der Waals surface area contributed by atoms with E-state index in [4.69, 9.17) is 29.8 Å². The first-order valence-corrected chi connectivity index (χ1v) is 18.8. The van der Waals surface area contributed by atoms with E-state index in [1.165, 1.54) is 18.5 Å². The lowest BCUT2D eigenvalue weighted by Gasteiger charge is -2.22. The predicted molar refractivity (Wildman–Crippen MR) is 171 cm³/mol. The van der Waals surface area contributed by atoms with Crippen molar-refractivity contribution in [3.8, 4) is 28.5 Å². The summed E-state index contributed by atoms with van der Waals surface area (Å²) in [6, 6.07) is 13.0. The highest BCUT2D eigenvalue weighted by atomic mass is 28.3. The number of halogens is 1. The van der Waals surface area contributed by atoms with Gasteiger partial charge < -0.3 is 29.2 Å². The molecule has 2 N–H and O–H groups in total. The van der Waals surface area contributed by atoms with Crippen LogP contribution in [0.5, 0.6) is 17.2 Å². The summed E-state index contributed by atoms with van der Waals surface area (Å²) in [5.74, 6) is 1.09. The second kappa shape index (κ2) is 13.3. The maximum absolute atomic E-state index is 14.6. The number of benzene rings is 2. The average Bonchev–Trinajstić information content (AvgIpc) is 3.64. The molecule has 6 rings (SSSR count). The largest absolute Gasteiger partial charge is 0.487 e. The Bertz CT molecular complexity index is 1750. The van der Waals surface area contributed by atoms with Gasteiger partial charge >= 0.3 is 0 Å². The van der Waals surface area contributed by atoms with Crippen LogP contribution in [-0.4, -0.2) is 57.2 Å². The molecule has 1 aliphatic heterocycles. The number of nitrogens with two attached hydrogens (primary N) is 1. The fourth-order valence-electron chi connectivity index (χ4n) is 5.16. The third kappa shape index (κ3) is 7.49. The zero-order chi connectivity index (χ0) is 31.4.